The van der Waals surface area contributed by atoms with Gasteiger partial charge in [-0.05, 0) is 53.2 Å². The van der Waals surface area contributed by atoms with Gasteiger partial charge in [0.2, 0.25) is 0 Å². The van der Waals surface area contributed by atoms with Gasteiger partial charge in [-0.1, -0.05) is 32.9 Å². The molecule has 0 unspecified atom stereocenters. The van der Waals surface area contributed by atoms with Crippen molar-refractivity contribution in [1.29, 1.82) is 0 Å². The molecular formula is C19H26O2. The monoisotopic (exact) mass is 286 g/mol. The maximum Gasteiger partial charge on any atom is 0.133 e. The van der Waals surface area contributed by atoms with Gasteiger partial charge in [-0.15, -0.1) is 0 Å². The topological polar surface area (TPSA) is 26.3 Å². The molecule has 0 aromatic heterocycles. The van der Waals surface area contributed by atoms with E-state index < -0.39 is 0 Å². The third-order valence-corrected chi connectivity index (χ3v) is 5.77. The van der Waals surface area contributed by atoms with Crippen molar-refractivity contribution in [3.63, 3.8) is 0 Å². The minimum atomic E-state index is 0.157. The normalized spacial score (nSPS) is 28.2. The van der Waals surface area contributed by atoms with Crippen molar-refractivity contribution in [1.82, 2.24) is 0 Å². The number of ether oxygens (including phenoxy) is 1. The standard InChI is InChI=1S/C19H26O2/c1-12(2)15-7-8-17-16(18(15)21-4)6-5-13-11-14(20)9-10-19(13,17)3/h7-8,12-13H,5-6,9-11H2,1-4H3/t13-,19-/m1/s1. The first kappa shape index (κ1) is 14.6. The van der Waals surface area contributed by atoms with Gasteiger partial charge in [-0.2, -0.15) is 0 Å². The van der Waals surface area contributed by atoms with Crippen LogP contribution in [0, 0.1) is 5.92 Å². The number of hydrogen-bond donors (Lipinski definition) is 0. The molecule has 0 saturated heterocycles. The number of ketones is 1. The maximum atomic E-state index is 11.8. The van der Waals surface area contributed by atoms with E-state index in [2.05, 4.69) is 32.9 Å². The van der Waals surface area contributed by atoms with Crippen LogP contribution in [0.4, 0.5) is 0 Å². The van der Waals surface area contributed by atoms with E-state index in [4.69, 9.17) is 4.74 Å². The number of Topliss-reactive ketones (excluding diaryl/α,β-unsaturated/α-hetero) is 1. The molecule has 0 amide bonds. The summed E-state index contributed by atoms with van der Waals surface area (Å²) in [6.45, 7) is 6.80. The van der Waals surface area contributed by atoms with E-state index in [1.807, 2.05) is 0 Å². The molecule has 2 nitrogen and oxygen atoms in total. The zero-order chi connectivity index (χ0) is 15.2. The van der Waals surface area contributed by atoms with E-state index in [-0.39, 0.29) is 5.41 Å². The highest BCUT2D eigenvalue weighted by Gasteiger charge is 2.45. The fourth-order valence-electron chi connectivity index (χ4n) is 4.42. The summed E-state index contributed by atoms with van der Waals surface area (Å²) in [6.07, 6.45) is 4.66. The molecule has 21 heavy (non-hydrogen) atoms. The van der Waals surface area contributed by atoms with Crippen LogP contribution < -0.4 is 4.74 Å². The van der Waals surface area contributed by atoms with Gasteiger partial charge in [0.05, 0.1) is 7.11 Å². The summed E-state index contributed by atoms with van der Waals surface area (Å²) in [4.78, 5) is 11.8. The lowest BCUT2D eigenvalue weighted by molar-refractivity contribution is -0.123. The summed E-state index contributed by atoms with van der Waals surface area (Å²) in [5.74, 6) is 2.54. The van der Waals surface area contributed by atoms with E-state index in [0.717, 1.165) is 37.9 Å². The Balaban J connectivity index is 2.12. The largest absolute Gasteiger partial charge is 0.496 e. The lowest BCUT2D eigenvalue weighted by Gasteiger charge is -2.46. The molecule has 0 aliphatic heterocycles. The average Bonchev–Trinajstić information content (AvgIpc) is 2.46. The molecule has 2 atom stereocenters. The van der Waals surface area contributed by atoms with E-state index in [1.165, 1.54) is 16.7 Å². The van der Waals surface area contributed by atoms with E-state index in [9.17, 15) is 4.79 Å². The molecule has 0 N–H and O–H groups in total. The molecule has 1 aromatic rings. The smallest absolute Gasteiger partial charge is 0.133 e. The minimum Gasteiger partial charge on any atom is -0.496 e. The van der Waals surface area contributed by atoms with Crippen molar-refractivity contribution < 1.29 is 9.53 Å². The Morgan fingerprint density at radius 2 is 2.05 bits per heavy atom. The number of benzene rings is 1. The Bertz CT molecular complexity index is 573. The Labute approximate surface area is 127 Å². The molecule has 1 aromatic carbocycles. The first-order valence-corrected chi connectivity index (χ1v) is 8.19. The van der Waals surface area contributed by atoms with Gasteiger partial charge in [0.15, 0.2) is 0 Å². The average molecular weight is 286 g/mol. The second-order valence-corrected chi connectivity index (χ2v) is 7.26. The molecule has 114 valence electrons. The Morgan fingerprint density at radius 3 is 2.71 bits per heavy atom. The second-order valence-electron chi connectivity index (χ2n) is 7.26. The number of rotatable bonds is 2. The fraction of sp³-hybridized carbons (Fsp3) is 0.632. The van der Waals surface area contributed by atoms with Gasteiger partial charge < -0.3 is 4.74 Å². The van der Waals surface area contributed by atoms with Crippen LogP contribution in [-0.2, 0) is 16.6 Å². The second kappa shape index (κ2) is 5.15. The third kappa shape index (κ3) is 2.20. The van der Waals surface area contributed by atoms with Crippen LogP contribution in [0.25, 0.3) is 0 Å². The maximum absolute atomic E-state index is 11.8. The highest BCUT2D eigenvalue weighted by atomic mass is 16.5. The number of hydrogen-bond acceptors (Lipinski definition) is 2. The van der Waals surface area contributed by atoms with Crippen molar-refractivity contribution in [3.05, 3.63) is 28.8 Å². The minimum absolute atomic E-state index is 0.157. The van der Waals surface area contributed by atoms with Crippen LogP contribution in [-0.4, -0.2) is 12.9 Å². The highest BCUT2D eigenvalue weighted by molar-refractivity contribution is 5.80. The Hall–Kier alpha value is -1.31. The predicted molar refractivity (Wildman–Crippen MR) is 85.1 cm³/mol. The van der Waals surface area contributed by atoms with Crippen LogP contribution >= 0.6 is 0 Å². The molecule has 2 heteroatoms. The summed E-state index contributed by atoms with van der Waals surface area (Å²) in [5.41, 5.74) is 4.30. The molecule has 1 fully saturated rings. The lowest BCUT2D eigenvalue weighted by Crippen LogP contribution is -2.42. The van der Waals surface area contributed by atoms with Crippen LogP contribution in [0.5, 0.6) is 5.75 Å². The predicted octanol–water partition coefficient (Wildman–Crippen LogP) is 4.39. The van der Waals surface area contributed by atoms with Crippen molar-refractivity contribution in [3.8, 4) is 5.75 Å². The van der Waals surface area contributed by atoms with Gasteiger partial charge in [-0.3, -0.25) is 4.79 Å². The summed E-state index contributed by atoms with van der Waals surface area (Å²) >= 11 is 0. The zero-order valence-electron chi connectivity index (χ0n) is 13.7. The van der Waals surface area contributed by atoms with Crippen LogP contribution in [0.1, 0.15) is 69.1 Å². The van der Waals surface area contributed by atoms with Crippen molar-refractivity contribution in [2.24, 2.45) is 5.92 Å². The van der Waals surface area contributed by atoms with Crippen molar-refractivity contribution in [2.75, 3.05) is 7.11 Å². The zero-order valence-corrected chi connectivity index (χ0v) is 13.7. The van der Waals surface area contributed by atoms with Crippen LogP contribution in [0.15, 0.2) is 12.1 Å². The summed E-state index contributed by atoms with van der Waals surface area (Å²) in [5, 5.41) is 0. The van der Waals surface area contributed by atoms with Gasteiger partial charge >= 0.3 is 0 Å². The Morgan fingerprint density at radius 1 is 1.29 bits per heavy atom. The molecule has 2 aliphatic rings. The number of methoxy groups -OCH3 is 1. The first-order valence-electron chi connectivity index (χ1n) is 8.19. The summed E-state index contributed by atoms with van der Waals surface area (Å²) < 4.78 is 5.78. The van der Waals surface area contributed by atoms with Crippen LogP contribution in [0.3, 0.4) is 0 Å². The molecular weight excluding hydrogens is 260 g/mol. The van der Waals surface area contributed by atoms with Gasteiger partial charge in [-0.25, -0.2) is 0 Å². The number of fused-ring (bicyclic) bond motifs is 3. The molecule has 2 aliphatic carbocycles. The molecule has 1 saturated carbocycles. The summed E-state index contributed by atoms with van der Waals surface area (Å²) in [7, 11) is 1.79. The molecule has 3 rings (SSSR count). The van der Waals surface area contributed by atoms with Crippen molar-refractivity contribution >= 4 is 5.78 Å². The third-order valence-electron chi connectivity index (χ3n) is 5.77. The number of carbonyl (C=O) groups excluding carboxylic acids is 1. The molecule has 0 spiro atoms. The SMILES string of the molecule is COc1c(C(C)C)ccc2c1CC[C@@H]1CC(=O)CC[C@@]21C. The highest BCUT2D eigenvalue weighted by Crippen LogP contribution is 2.51. The quantitative estimate of drug-likeness (QED) is 0.806. The van der Waals surface area contributed by atoms with Crippen LogP contribution in [0.2, 0.25) is 0 Å². The molecule has 0 radical (unpaired) electrons. The van der Waals surface area contributed by atoms with E-state index in [1.54, 1.807) is 7.11 Å². The van der Waals surface area contributed by atoms with Crippen molar-refractivity contribution in [2.45, 2.75) is 64.2 Å². The number of carbonyl (C=O) groups is 1. The first-order chi connectivity index (χ1) is 9.97. The van der Waals surface area contributed by atoms with E-state index >= 15 is 0 Å². The molecule has 0 bridgehead atoms. The van der Waals surface area contributed by atoms with E-state index in [0.29, 0.717) is 17.6 Å². The Kier molecular flexibility index (Phi) is 3.59. The van der Waals surface area contributed by atoms with Gasteiger partial charge in [0.25, 0.3) is 0 Å². The fourth-order valence-corrected chi connectivity index (χ4v) is 4.42. The summed E-state index contributed by atoms with van der Waals surface area (Å²) in [6, 6.07) is 4.56. The molecule has 0 heterocycles. The van der Waals surface area contributed by atoms with Gasteiger partial charge in [0, 0.05) is 12.8 Å². The van der Waals surface area contributed by atoms with Gasteiger partial charge in [0.1, 0.15) is 11.5 Å². The lowest BCUT2D eigenvalue weighted by atomic mass is 9.58.